The van der Waals surface area contributed by atoms with Crippen LogP contribution in [0.3, 0.4) is 0 Å². The van der Waals surface area contributed by atoms with E-state index in [4.69, 9.17) is 16.3 Å². The fourth-order valence-electron chi connectivity index (χ4n) is 2.65. The van der Waals surface area contributed by atoms with E-state index in [1.807, 2.05) is 36.4 Å². The smallest absolute Gasteiger partial charge is 0.251 e. The summed E-state index contributed by atoms with van der Waals surface area (Å²) in [7, 11) is 0. The van der Waals surface area contributed by atoms with Crippen LogP contribution in [0.15, 0.2) is 60.2 Å². The number of benzene rings is 2. The Balaban J connectivity index is 1.56. The topological polar surface area (TPSA) is 50.4 Å². The fraction of sp³-hybridized carbons (Fsp3) is 0.250. The Kier molecular flexibility index (Phi) is 6.09. The van der Waals surface area contributed by atoms with Gasteiger partial charge in [-0.3, -0.25) is 4.79 Å². The minimum Gasteiger partial charge on any atom is -0.489 e. The first kappa shape index (κ1) is 17.5. The van der Waals surface area contributed by atoms with Crippen molar-refractivity contribution in [3.05, 3.63) is 76.3 Å². The van der Waals surface area contributed by atoms with Crippen molar-refractivity contribution < 1.29 is 9.53 Å². The summed E-state index contributed by atoms with van der Waals surface area (Å²) in [5, 5.41) is 6.91. The first-order chi connectivity index (χ1) is 12.2. The zero-order chi connectivity index (χ0) is 17.5. The number of rotatable bonds is 6. The Hall–Kier alpha value is -2.30. The van der Waals surface area contributed by atoms with Gasteiger partial charge >= 0.3 is 0 Å². The van der Waals surface area contributed by atoms with E-state index in [2.05, 4.69) is 16.7 Å². The molecular formula is C20H21ClN2O2. The number of carbonyl (C=O) groups excluding carboxylic acids is 1. The molecule has 2 aromatic rings. The van der Waals surface area contributed by atoms with Crippen LogP contribution in [0.2, 0.25) is 5.02 Å². The minimum atomic E-state index is -0.0901. The fourth-order valence-corrected chi connectivity index (χ4v) is 2.86. The molecule has 1 aliphatic heterocycles. The standard InChI is InChI=1S/C20H21ClN2O2/c21-18-5-1-3-16(11-18)14-25-19-6-2-4-17(12-19)20(24)23-13-15-7-9-22-10-8-15/h1-7,11-12,22H,8-10,13-14H2,(H,23,24). The highest BCUT2D eigenvalue weighted by Crippen LogP contribution is 2.17. The predicted molar refractivity (Wildman–Crippen MR) is 100 cm³/mol. The number of amides is 1. The lowest BCUT2D eigenvalue weighted by atomic mass is 10.1. The third-order valence-corrected chi connectivity index (χ3v) is 4.26. The van der Waals surface area contributed by atoms with E-state index < -0.39 is 0 Å². The quantitative estimate of drug-likeness (QED) is 0.778. The maximum atomic E-state index is 12.3. The Bertz CT molecular complexity index is 774. The SMILES string of the molecule is O=C(NCC1=CCNCC1)c1cccc(OCc2cccc(Cl)c2)c1. The van der Waals surface area contributed by atoms with Crippen LogP contribution in [0.4, 0.5) is 0 Å². The van der Waals surface area contributed by atoms with Gasteiger partial charge in [0.05, 0.1) is 0 Å². The van der Waals surface area contributed by atoms with Gasteiger partial charge in [0.1, 0.15) is 12.4 Å². The average molecular weight is 357 g/mol. The van der Waals surface area contributed by atoms with Gasteiger partial charge in [-0.25, -0.2) is 0 Å². The molecule has 1 heterocycles. The number of nitrogens with one attached hydrogen (secondary N) is 2. The van der Waals surface area contributed by atoms with Crippen molar-refractivity contribution in [3.8, 4) is 5.75 Å². The van der Waals surface area contributed by atoms with Crippen molar-refractivity contribution >= 4 is 17.5 Å². The van der Waals surface area contributed by atoms with Gasteiger partial charge in [0.2, 0.25) is 0 Å². The summed E-state index contributed by atoms with van der Waals surface area (Å²) >= 11 is 5.98. The van der Waals surface area contributed by atoms with Crippen LogP contribution >= 0.6 is 11.6 Å². The molecule has 0 fully saturated rings. The zero-order valence-corrected chi connectivity index (χ0v) is 14.7. The summed E-state index contributed by atoms with van der Waals surface area (Å²) < 4.78 is 5.77. The molecule has 3 rings (SSSR count). The van der Waals surface area contributed by atoms with E-state index in [1.54, 1.807) is 12.1 Å². The molecule has 0 aromatic heterocycles. The Morgan fingerprint density at radius 1 is 1.20 bits per heavy atom. The molecule has 0 unspecified atom stereocenters. The predicted octanol–water partition coefficient (Wildman–Crippen LogP) is 3.57. The maximum absolute atomic E-state index is 12.3. The number of hydrogen-bond acceptors (Lipinski definition) is 3. The molecule has 1 amide bonds. The summed E-state index contributed by atoms with van der Waals surface area (Å²) in [5.41, 5.74) is 2.85. The van der Waals surface area contributed by atoms with Crippen LogP contribution in [-0.2, 0) is 6.61 Å². The lowest BCUT2D eigenvalue weighted by Gasteiger charge is -2.15. The van der Waals surface area contributed by atoms with Crippen molar-refractivity contribution in [2.75, 3.05) is 19.6 Å². The second-order valence-electron chi connectivity index (χ2n) is 5.95. The third kappa shape index (κ3) is 5.34. The van der Waals surface area contributed by atoms with Gasteiger partial charge < -0.3 is 15.4 Å². The van der Waals surface area contributed by atoms with Crippen LogP contribution in [0, 0.1) is 0 Å². The molecule has 130 valence electrons. The first-order valence-electron chi connectivity index (χ1n) is 8.35. The Labute approximate surface area is 152 Å². The van der Waals surface area contributed by atoms with Gasteiger partial charge in [-0.15, -0.1) is 0 Å². The van der Waals surface area contributed by atoms with E-state index in [-0.39, 0.29) is 5.91 Å². The summed E-state index contributed by atoms with van der Waals surface area (Å²) in [4.78, 5) is 12.3. The van der Waals surface area contributed by atoms with Crippen molar-refractivity contribution in [3.63, 3.8) is 0 Å². The lowest BCUT2D eigenvalue weighted by molar-refractivity contribution is 0.0956. The molecule has 0 radical (unpaired) electrons. The Morgan fingerprint density at radius 2 is 2.08 bits per heavy atom. The highest BCUT2D eigenvalue weighted by Gasteiger charge is 2.09. The van der Waals surface area contributed by atoms with Gasteiger partial charge in [0.15, 0.2) is 0 Å². The summed E-state index contributed by atoms with van der Waals surface area (Å²) in [5.74, 6) is 0.571. The lowest BCUT2D eigenvalue weighted by Crippen LogP contribution is -2.29. The highest BCUT2D eigenvalue weighted by molar-refractivity contribution is 6.30. The molecule has 1 aliphatic rings. The number of carbonyl (C=O) groups is 1. The molecular weight excluding hydrogens is 336 g/mol. The van der Waals surface area contributed by atoms with E-state index in [0.29, 0.717) is 29.5 Å². The van der Waals surface area contributed by atoms with E-state index in [1.165, 1.54) is 5.57 Å². The summed E-state index contributed by atoms with van der Waals surface area (Å²) in [6.45, 7) is 2.84. The molecule has 4 nitrogen and oxygen atoms in total. The Morgan fingerprint density at radius 3 is 2.88 bits per heavy atom. The van der Waals surface area contributed by atoms with Crippen molar-refractivity contribution in [2.24, 2.45) is 0 Å². The molecule has 5 heteroatoms. The molecule has 0 saturated heterocycles. The minimum absolute atomic E-state index is 0.0901. The maximum Gasteiger partial charge on any atom is 0.251 e. The molecule has 0 aliphatic carbocycles. The third-order valence-electron chi connectivity index (χ3n) is 4.02. The van der Waals surface area contributed by atoms with Crippen LogP contribution in [-0.4, -0.2) is 25.5 Å². The summed E-state index contributed by atoms with van der Waals surface area (Å²) in [6, 6.07) is 14.8. The van der Waals surface area contributed by atoms with Crippen LogP contribution in [0.1, 0.15) is 22.3 Å². The van der Waals surface area contributed by atoms with Gasteiger partial charge in [-0.05, 0) is 48.9 Å². The van der Waals surface area contributed by atoms with Crippen molar-refractivity contribution in [1.82, 2.24) is 10.6 Å². The largest absolute Gasteiger partial charge is 0.489 e. The second-order valence-corrected chi connectivity index (χ2v) is 6.38. The van der Waals surface area contributed by atoms with Gasteiger partial charge in [0.25, 0.3) is 5.91 Å². The van der Waals surface area contributed by atoms with Crippen LogP contribution in [0.5, 0.6) is 5.75 Å². The first-order valence-corrected chi connectivity index (χ1v) is 8.72. The second kappa shape index (κ2) is 8.70. The van der Waals surface area contributed by atoms with Crippen LogP contribution < -0.4 is 15.4 Å². The van der Waals surface area contributed by atoms with E-state index in [0.717, 1.165) is 25.1 Å². The van der Waals surface area contributed by atoms with E-state index >= 15 is 0 Å². The molecule has 2 aromatic carbocycles. The molecule has 0 spiro atoms. The van der Waals surface area contributed by atoms with Gasteiger partial charge in [-0.2, -0.15) is 0 Å². The number of halogens is 1. The van der Waals surface area contributed by atoms with Crippen molar-refractivity contribution in [1.29, 1.82) is 0 Å². The zero-order valence-electron chi connectivity index (χ0n) is 13.9. The van der Waals surface area contributed by atoms with Crippen molar-refractivity contribution in [2.45, 2.75) is 13.0 Å². The van der Waals surface area contributed by atoms with Gasteiger partial charge in [-0.1, -0.05) is 41.4 Å². The number of ether oxygens (including phenoxy) is 1. The molecule has 0 atom stereocenters. The van der Waals surface area contributed by atoms with Crippen LogP contribution in [0.25, 0.3) is 0 Å². The normalized spacial score (nSPS) is 13.9. The molecule has 0 saturated carbocycles. The molecule has 25 heavy (non-hydrogen) atoms. The van der Waals surface area contributed by atoms with E-state index in [9.17, 15) is 4.79 Å². The van der Waals surface area contributed by atoms with Gasteiger partial charge in [0, 0.05) is 23.7 Å². The molecule has 2 N–H and O–H groups in total. The molecule has 0 bridgehead atoms. The highest BCUT2D eigenvalue weighted by atomic mass is 35.5. The average Bonchev–Trinajstić information content (AvgIpc) is 2.65. The number of hydrogen-bond donors (Lipinski definition) is 2. The monoisotopic (exact) mass is 356 g/mol. The summed E-state index contributed by atoms with van der Waals surface area (Å²) in [6.07, 6.45) is 3.11.